The second-order valence-electron chi connectivity index (χ2n) is 10.1. The molecule has 3 heterocycles. The Kier molecular flexibility index (Phi) is 8.17. The lowest BCUT2D eigenvalue weighted by molar-refractivity contribution is 0.102. The van der Waals surface area contributed by atoms with Gasteiger partial charge in [-0.1, -0.05) is 0 Å². The van der Waals surface area contributed by atoms with E-state index < -0.39 is 38.6 Å². The van der Waals surface area contributed by atoms with E-state index in [-0.39, 0.29) is 48.7 Å². The molecule has 2 aliphatic rings. The molecule has 2 aromatic carbocycles. The van der Waals surface area contributed by atoms with E-state index in [9.17, 15) is 26.8 Å². The fourth-order valence-corrected chi connectivity index (χ4v) is 6.51. The molecule has 2 aliphatic heterocycles. The van der Waals surface area contributed by atoms with Gasteiger partial charge in [-0.2, -0.15) is 8.99 Å². The number of halogens is 2. The summed E-state index contributed by atoms with van der Waals surface area (Å²) in [5, 5.41) is 6.90. The number of hydrogen-bond donors (Lipinski definition) is 2. The number of carbonyl (C=O) groups excluding carboxylic acids is 2. The molecule has 0 bridgehead atoms. The molecular formula is C27H31F2N7O5S. The first-order chi connectivity index (χ1) is 20.0. The number of nitrogens with one attached hydrogen (secondary N) is 1. The minimum Gasteiger partial charge on any atom is -0.448 e. The van der Waals surface area contributed by atoms with Crippen molar-refractivity contribution < 1.29 is 31.5 Å². The van der Waals surface area contributed by atoms with Crippen molar-refractivity contribution in [2.75, 3.05) is 62.3 Å². The molecule has 1 aromatic heterocycles. The number of nitrogen functional groups attached to an aromatic ring is 1. The predicted molar refractivity (Wildman–Crippen MR) is 151 cm³/mol. The van der Waals surface area contributed by atoms with E-state index in [0.29, 0.717) is 11.8 Å². The number of ether oxygens (including phenoxy) is 1. The lowest BCUT2D eigenvalue weighted by Gasteiger charge is -2.34. The van der Waals surface area contributed by atoms with Crippen LogP contribution in [0.5, 0.6) is 0 Å². The third-order valence-electron chi connectivity index (χ3n) is 7.32. The van der Waals surface area contributed by atoms with Crippen LogP contribution in [0, 0.1) is 11.6 Å². The summed E-state index contributed by atoms with van der Waals surface area (Å²) in [6.07, 6.45) is -0.774. The van der Waals surface area contributed by atoms with Gasteiger partial charge in [-0.25, -0.2) is 22.0 Å². The number of benzene rings is 2. The zero-order valence-corrected chi connectivity index (χ0v) is 24.0. The van der Waals surface area contributed by atoms with Crippen molar-refractivity contribution in [3.8, 4) is 0 Å². The third-order valence-corrected chi connectivity index (χ3v) is 9.14. The zero-order valence-electron chi connectivity index (χ0n) is 23.1. The molecule has 0 radical (unpaired) electrons. The van der Waals surface area contributed by atoms with Crippen LogP contribution in [0.3, 0.4) is 0 Å². The topological polar surface area (TPSA) is 143 Å². The van der Waals surface area contributed by atoms with Crippen molar-refractivity contribution in [1.29, 1.82) is 0 Å². The number of anilines is 3. The Bertz CT molecular complexity index is 1620. The fourth-order valence-electron chi connectivity index (χ4n) is 5.06. The maximum atomic E-state index is 13.8. The summed E-state index contributed by atoms with van der Waals surface area (Å²) >= 11 is 0. The number of hydrogen-bond acceptors (Lipinski definition) is 9. The van der Waals surface area contributed by atoms with Gasteiger partial charge in [-0.15, -0.1) is 5.10 Å². The van der Waals surface area contributed by atoms with E-state index in [4.69, 9.17) is 10.5 Å². The molecule has 5 rings (SSSR count). The highest BCUT2D eigenvalue weighted by molar-refractivity contribution is 7.89. The van der Waals surface area contributed by atoms with E-state index in [0.717, 1.165) is 53.0 Å². The number of nitrogens with zero attached hydrogens (tertiary/aromatic N) is 5. The van der Waals surface area contributed by atoms with Crippen molar-refractivity contribution in [1.82, 2.24) is 19.0 Å². The number of rotatable bonds is 6. The van der Waals surface area contributed by atoms with E-state index >= 15 is 0 Å². The third kappa shape index (κ3) is 5.80. The number of piperazine rings is 1. The number of nitrogens with two attached hydrogens (primary N) is 1. The van der Waals surface area contributed by atoms with E-state index in [1.54, 1.807) is 25.1 Å². The summed E-state index contributed by atoms with van der Waals surface area (Å²) in [6, 6.07) is 7.16. The van der Waals surface area contributed by atoms with Gasteiger partial charge >= 0.3 is 6.09 Å². The average Bonchev–Trinajstić information content (AvgIpc) is 3.30. The molecule has 0 atom stereocenters. The second-order valence-corrected chi connectivity index (χ2v) is 12.0. The van der Waals surface area contributed by atoms with Crippen LogP contribution in [-0.2, 0) is 27.7 Å². The largest absolute Gasteiger partial charge is 0.448 e. The van der Waals surface area contributed by atoms with E-state index in [2.05, 4.69) is 27.3 Å². The van der Waals surface area contributed by atoms with Crippen LogP contribution in [0.15, 0.2) is 41.3 Å². The van der Waals surface area contributed by atoms with Gasteiger partial charge in [0.25, 0.3) is 5.91 Å². The molecule has 224 valence electrons. The van der Waals surface area contributed by atoms with Crippen LogP contribution in [0.25, 0.3) is 0 Å². The Balaban J connectivity index is 1.43. The summed E-state index contributed by atoms with van der Waals surface area (Å²) in [7, 11) is -2.28. The molecule has 1 fully saturated rings. The molecule has 1 saturated heterocycles. The van der Waals surface area contributed by atoms with Crippen LogP contribution in [0.2, 0.25) is 0 Å². The smallest absolute Gasteiger partial charge is 0.434 e. The van der Waals surface area contributed by atoms with Gasteiger partial charge in [0.15, 0.2) is 5.82 Å². The molecular weight excluding hydrogens is 572 g/mol. The van der Waals surface area contributed by atoms with Crippen LogP contribution in [0.4, 0.5) is 30.8 Å². The summed E-state index contributed by atoms with van der Waals surface area (Å²) in [5.41, 5.74) is 8.14. The first kappa shape index (κ1) is 29.4. The molecule has 3 aromatic rings. The van der Waals surface area contributed by atoms with Gasteiger partial charge in [0.2, 0.25) is 10.0 Å². The lowest BCUT2D eigenvalue weighted by atomic mass is 10.1. The fraction of sp³-hybridized carbons (Fsp3) is 0.370. The Labute approximate surface area is 241 Å². The highest BCUT2D eigenvalue weighted by Crippen LogP contribution is 2.31. The van der Waals surface area contributed by atoms with Gasteiger partial charge < -0.3 is 25.6 Å². The summed E-state index contributed by atoms with van der Waals surface area (Å²) in [6.45, 7) is 4.71. The molecule has 0 unspecified atom stereocenters. The number of likely N-dealkylation sites (N-methyl/N-ethyl adjacent to an activating group) is 1. The summed E-state index contributed by atoms with van der Waals surface area (Å²) in [4.78, 5) is 29.8. The van der Waals surface area contributed by atoms with Gasteiger partial charge in [0.1, 0.15) is 11.6 Å². The van der Waals surface area contributed by atoms with Gasteiger partial charge in [0, 0.05) is 68.7 Å². The van der Waals surface area contributed by atoms with Gasteiger partial charge in [-0.05, 0) is 44.3 Å². The molecule has 1 amide bonds. The zero-order chi connectivity index (χ0) is 30.2. The minimum atomic E-state index is -4.33. The van der Waals surface area contributed by atoms with Crippen molar-refractivity contribution in [3.05, 3.63) is 64.9 Å². The molecule has 3 N–H and O–H groups in total. The number of carbonyl (C=O) groups is 2. The van der Waals surface area contributed by atoms with E-state index in [1.165, 1.54) is 0 Å². The van der Waals surface area contributed by atoms with Crippen molar-refractivity contribution >= 4 is 39.2 Å². The maximum Gasteiger partial charge on any atom is 0.434 e. The maximum absolute atomic E-state index is 13.8. The van der Waals surface area contributed by atoms with Crippen molar-refractivity contribution in [3.63, 3.8) is 0 Å². The predicted octanol–water partition coefficient (Wildman–Crippen LogP) is 2.50. The molecule has 15 heteroatoms. The van der Waals surface area contributed by atoms with E-state index in [1.807, 2.05) is 0 Å². The lowest BCUT2D eigenvalue weighted by Crippen LogP contribution is -2.44. The van der Waals surface area contributed by atoms with Crippen LogP contribution < -0.4 is 16.0 Å². The molecule has 0 spiro atoms. The molecule has 0 saturated carbocycles. The Hall–Kier alpha value is -4.08. The van der Waals surface area contributed by atoms with Crippen molar-refractivity contribution in [2.24, 2.45) is 0 Å². The van der Waals surface area contributed by atoms with Crippen LogP contribution in [0.1, 0.15) is 28.5 Å². The van der Waals surface area contributed by atoms with Crippen molar-refractivity contribution in [2.45, 2.75) is 24.8 Å². The number of aromatic nitrogens is 2. The second kappa shape index (κ2) is 11.7. The standard InChI is InChI=1S/C27H31F2N7O5S/c1-3-41-27(38)36-24-6-7-35(42(39,40)20-13-17(28)12-18(29)14-20)16-22(24)25(32-36)31-26(37)21-5-4-19(15-23(21)30)34-10-8-33(2)9-11-34/h4-5,12-15H,3,6-11,16,30H2,1-2H3,(H,31,32,37). The van der Waals surface area contributed by atoms with Crippen LogP contribution in [-0.4, -0.2) is 85.8 Å². The molecule has 0 aliphatic carbocycles. The number of fused-ring (bicyclic) bond motifs is 1. The number of amides is 1. The Morgan fingerprint density at radius 2 is 1.74 bits per heavy atom. The molecule has 12 nitrogen and oxygen atoms in total. The summed E-state index contributed by atoms with van der Waals surface area (Å²) in [5.74, 6) is -2.74. The average molecular weight is 604 g/mol. The van der Waals surface area contributed by atoms with Crippen LogP contribution >= 0.6 is 0 Å². The Morgan fingerprint density at radius 1 is 1.05 bits per heavy atom. The number of sulfonamides is 1. The van der Waals surface area contributed by atoms with Gasteiger partial charge in [-0.3, -0.25) is 4.79 Å². The highest BCUT2D eigenvalue weighted by Gasteiger charge is 2.35. The minimum absolute atomic E-state index is 0.0237. The highest BCUT2D eigenvalue weighted by atomic mass is 32.2. The SMILES string of the molecule is CCOC(=O)n1nc(NC(=O)c2ccc(N3CCN(C)CC3)cc2N)c2c1CCN(S(=O)(=O)c1cc(F)cc(F)c1)C2. The first-order valence-corrected chi connectivity index (χ1v) is 14.8. The first-order valence-electron chi connectivity index (χ1n) is 13.4. The normalized spacial score (nSPS) is 16.2. The summed E-state index contributed by atoms with van der Waals surface area (Å²) < 4.78 is 61.3. The quantitative estimate of drug-likeness (QED) is 0.406. The monoisotopic (exact) mass is 603 g/mol. The molecule has 42 heavy (non-hydrogen) atoms. The Morgan fingerprint density at radius 3 is 2.38 bits per heavy atom. The van der Waals surface area contributed by atoms with Gasteiger partial charge in [0.05, 0.1) is 22.8 Å².